The van der Waals surface area contributed by atoms with Crippen LogP contribution in [0, 0.1) is 0 Å². The minimum Gasteiger partial charge on any atom is -0.462 e. The lowest BCUT2D eigenvalue weighted by atomic mass is 10.1. The van der Waals surface area contributed by atoms with Crippen molar-refractivity contribution in [2.24, 2.45) is 0 Å². The first-order valence-corrected chi connectivity index (χ1v) is 22.9. The van der Waals surface area contributed by atoms with Gasteiger partial charge in [0.1, 0.15) is 19.8 Å². The van der Waals surface area contributed by atoms with Gasteiger partial charge in [-0.1, -0.05) is 150 Å². The molecule has 0 saturated carbocycles. The normalized spacial score (nSPS) is 14.5. The quantitative estimate of drug-likeness (QED) is 0.0165. The summed E-state index contributed by atoms with van der Waals surface area (Å²) in [4.78, 5) is 35.3. The predicted octanol–water partition coefficient (Wildman–Crippen LogP) is 12.0. The number of hydrogen-bond donors (Lipinski definition) is 1. The maximum atomic E-state index is 12.7. The summed E-state index contributed by atoms with van der Waals surface area (Å²) in [6.07, 6.45) is 47.8. The highest BCUT2D eigenvalue weighted by Gasteiger charge is 2.27. The lowest BCUT2D eigenvalue weighted by Gasteiger charge is -2.24. The number of quaternary nitrogens is 1. The van der Waals surface area contributed by atoms with Crippen molar-refractivity contribution in [2.75, 3.05) is 47.5 Å². The molecule has 0 aromatic heterocycles. The molecular formula is C46H79NO8P+. The number of phosphoric ester groups is 1. The van der Waals surface area contributed by atoms with Crippen LogP contribution in [0.25, 0.3) is 0 Å². The van der Waals surface area contributed by atoms with Crippen LogP contribution in [0.15, 0.2) is 85.1 Å². The van der Waals surface area contributed by atoms with Crippen molar-refractivity contribution in [1.82, 2.24) is 0 Å². The van der Waals surface area contributed by atoms with Crippen LogP contribution < -0.4 is 0 Å². The van der Waals surface area contributed by atoms with E-state index in [0.29, 0.717) is 23.9 Å². The van der Waals surface area contributed by atoms with E-state index in [1.807, 2.05) is 51.5 Å². The summed E-state index contributed by atoms with van der Waals surface area (Å²) >= 11 is 0. The number of ether oxygens (including phenoxy) is 2. The number of carbonyl (C=O) groups excluding carboxylic acids is 2. The highest BCUT2D eigenvalue weighted by molar-refractivity contribution is 7.47. The summed E-state index contributed by atoms with van der Waals surface area (Å²) < 4.78 is 34.2. The Morgan fingerprint density at radius 3 is 1.73 bits per heavy atom. The van der Waals surface area contributed by atoms with Gasteiger partial charge in [-0.2, -0.15) is 0 Å². The molecule has 0 radical (unpaired) electrons. The lowest BCUT2D eigenvalue weighted by Crippen LogP contribution is -2.37. The molecule has 1 unspecified atom stereocenters. The fourth-order valence-corrected chi connectivity index (χ4v) is 5.90. The molecule has 0 rings (SSSR count). The van der Waals surface area contributed by atoms with Gasteiger partial charge in [-0.25, -0.2) is 4.57 Å². The van der Waals surface area contributed by atoms with E-state index in [9.17, 15) is 19.0 Å². The first-order valence-electron chi connectivity index (χ1n) is 21.4. The monoisotopic (exact) mass is 805 g/mol. The van der Waals surface area contributed by atoms with Crippen molar-refractivity contribution >= 4 is 19.8 Å². The molecule has 0 aliphatic carbocycles. The van der Waals surface area contributed by atoms with Crippen molar-refractivity contribution in [3.63, 3.8) is 0 Å². The molecule has 0 aliphatic rings. The topological polar surface area (TPSA) is 108 Å². The molecule has 0 bridgehead atoms. The molecule has 9 nitrogen and oxygen atoms in total. The van der Waals surface area contributed by atoms with Crippen LogP contribution in [-0.2, 0) is 32.7 Å². The number of esters is 2. The Labute approximate surface area is 341 Å². The third kappa shape index (κ3) is 40.8. The van der Waals surface area contributed by atoms with Crippen LogP contribution in [0.3, 0.4) is 0 Å². The van der Waals surface area contributed by atoms with Gasteiger partial charge < -0.3 is 18.9 Å². The number of carbonyl (C=O) groups is 2. The summed E-state index contributed by atoms with van der Waals surface area (Å²) in [6, 6.07) is 0. The Morgan fingerprint density at radius 1 is 0.589 bits per heavy atom. The van der Waals surface area contributed by atoms with Crippen molar-refractivity contribution < 1.29 is 42.1 Å². The van der Waals surface area contributed by atoms with Crippen molar-refractivity contribution in [2.45, 2.75) is 148 Å². The van der Waals surface area contributed by atoms with Gasteiger partial charge in [-0.05, 0) is 64.2 Å². The number of phosphoric acid groups is 1. The van der Waals surface area contributed by atoms with E-state index in [1.54, 1.807) is 0 Å². The van der Waals surface area contributed by atoms with Gasteiger partial charge >= 0.3 is 19.8 Å². The third-order valence-electron chi connectivity index (χ3n) is 8.50. The van der Waals surface area contributed by atoms with E-state index in [1.165, 1.54) is 38.5 Å². The summed E-state index contributed by atoms with van der Waals surface area (Å²) in [5.41, 5.74) is 0. The Hall–Kier alpha value is -2.81. The fraction of sp³-hybridized carbons (Fsp3) is 0.652. The van der Waals surface area contributed by atoms with Crippen LogP contribution in [0.1, 0.15) is 142 Å². The second kappa shape index (κ2) is 37.7. The van der Waals surface area contributed by atoms with E-state index >= 15 is 0 Å². The second-order valence-corrected chi connectivity index (χ2v) is 16.5. The number of hydrogen-bond acceptors (Lipinski definition) is 7. The summed E-state index contributed by atoms with van der Waals surface area (Å²) in [6.45, 7) is 4.16. The molecule has 56 heavy (non-hydrogen) atoms. The predicted molar refractivity (Wildman–Crippen MR) is 233 cm³/mol. The van der Waals surface area contributed by atoms with Gasteiger partial charge in [0.15, 0.2) is 6.10 Å². The molecule has 0 heterocycles. The summed E-state index contributed by atoms with van der Waals surface area (Å²) in [7, 11) is 1.42. The smallest absolute Gasteiger partial charge is 0.462 e. The molecule has 0 spiro atoms. The van der Waals surface area contributed by atoms with Crippen LogP contribution >= 0.6 is 7.82 Å². The summed E-state index contributed by atoms with van der Waals surface area (Å²) in [5, 5.41) is 0. The molecule has 0 saturated heterocycles. The molecule has 0 aromatic rings. The molecule has 10 heteroatoms. The maximum absolute atomic E-state index is 12.7. The highest BCUT2D eigenvalue weighted by Crippen LogP contribution is 2.43. The number of allylic oxidation sites excluding steroid dienone is 14. The standard InChI is InChI=1S/C46H78NO8P/c1-6-8-10-12-14-16-18-20-22-23-25-26-28-30-32-34-36-38-45(48)52-42-44(43-54-56(50,51)53-41-40-47(3,4)5)55-46(49)39-37-35-33-31-29-27-24-21-19-17-15-13-11-9-7-2/h9,11,13,15,17,19-22,24-26,30,32,44H,6-8,10,12,14,16,18,23,27-29,31,33-43H2,1-5H3/p+1/b11-9+,15-13+,19-17+,22-20+,24-21+,26-25+,32-30+/t44-/m1/s1. The Kier molecular flexibility index (Phi) is 35.9. The van der Waals surface area contributed by atoms with Gasteiger partial charge in [-0.3, -0.25) is 18.6 Å². The highest BCUT2D eigenvalue weighted by atomic mass is 31.2. The molecule has 0 fully saturated rings. The van der Waals surface area contributed by atoms with Crippen molar-refractivity contribution in [3.05, 3.63) is 85.1 Å². The van der Waals surface area contributed by atoms with E-state index in [2.05, 4.69) is 68.5 Å². The third-order valence-corrected chi connectivity index (χ3v) is 9.49. The molecule has 2 atom stereocenters. The van der Waals surface area contributed by atoms with Crippen LogP contribution in [-0.4, -0.2) is 74.9 Å². The minimum absolute atomic E-state index is 0.0142. The SMILES string of the molecule is CC/C=C/C=C/C=C/C=C/CCCCCCCC(=O)O[C@H](COC(=O)CCC/C=C/C/C=C/C/C=C/CCCCCCCC)COP(=O)(O)OCC[N+](C)(C)C. The molecule has 0 amide bonds. The van der Waals surface area contributed by atoms with E-state index in [-0.39, 0.29) is 26.1 Å². The van der Waals surface area contributed by atoms with Crippen molar-refractivity contribution in [1.29, 1.82) is 0 Å². The zero-order chi connectivity index (χ0) is 41.4. The fourth-order valence-electron chi connectivity index (χ4n) is 5.16. The van der Waals surface area contributed by atoms with Gasteiger partial charge in [0, 0.05) is 12.8 Å². The van der Waals surface area contributed by atoms with Gasteiger partial charge in [0.25, 0.3) is 0 Å². The van der Waals surface area contributed by atoms with E-state index in [0.717, 1.165) is 64.2 Å². The van der Waals surface area contributed by atoms with Crippen LogP contribution in [0.4, 0.5) is 0 Å². The molecule has 0 aromatic carbocycles. The molecule has 320 valence electrons. The zero-order valence-electron chi connectivity index (χ0n) is 35.8. The number of unbranched alkanes of at least 4 members (excludes halogenated alkanes) is 12. The van der Waals surface area contributed by atoms with Gasteiger partial charge in [0.2, 0.25) is 0 Å². The maximum Gasteiger partial charge on any atom is 0.472 e. The number of rotatable bonds is 37. The first-order chi connectivity index (χ1) is 27.0. The molecular weight excluding hydrogens is 725 g/mol. The largest absolute Gasteiger partial charge is 0.472 e. The average Bonchev–Trinajstić information content (AvgIpc) is 3.15. The van der Waals surface area contributed by atoms with E-state index < -0.39 is 32.5 Å². The molecule has 0 aliphatic heterocycles. The lowest BCUT2D eigenvalue weighted by molar-refractivity contribution is -0.870. The second-order valence-electron chi connectivity index (χ2n) is 15.1. The summed E-state index contributed by atoms with van der Waals surface area (Å²) in [5.74, 6) is -0.897. The first kappa shape index (κ1) is 53.2. The minimum atomic E-state index is -4.40. The number of nitrogens with zero attached hydrogens (tertiary/aromatic N) is 1. The van der Waals surface area contributed by atoms with Crippen LogP contribution in [0.2, 0.25) is 0 Å². The van der Waals surface area contributed by atoms with E-state index in [4.69, 9.17) is 18.5 Å². The van der Waals surface area contributed by atoms with Crippen LogP contribution in [0.5, 0.6) is 0 Å². The Bertz CT molecular complexity index is 1230. The molecule has 1 N–H and O–H groups in total. The average molecular weight is 805 g/mol. The zero-order valence-corrected chi connectivity index (χ0v) is 36.7. The van der Waals surface area contributed by atoms with Crippen molar-refractivity contribution in [3.8, 4) is 0 Å². The Balaban J connectivity index is 4.52. The van der Waals surface area contributed by atoms with Gasteiger partial charge in [0.05, 0.1) is 27.7 Å². The number of likely N-dealkylation sites (N-methyl/N-ethyl adjacent to an activating group) is 1. The van der Waals surface area contributed by atoms with Gasteiger partial charge in [-0.15, -0.1) is 0 Å². The Morgan fingerprint density at radius 2 is 1.11 bits per heavy atom.